The van der Waals surface area contributed by atoms with Gasteiger partial charge in [-0.05, 0) is 32.3 Å². The molecule has 0 saturated heterocycles. The highest BCUT2D eigenvalue weighted by Gasteiger charge is 2.11. The zero-order chi connectivity index (χ0) is 10.4. The molecule has 2 nitrogen and oxygen atoms in total. The van der Waals surface area contributed by atoms with Crippen molar-refractivity contribution < 1.29 is 9.53 Å². The Morgan fingerprint density at radius 3 is 2.15 bits per heavy atom. The van der Waals surface area contributed by atoms with E-state index in [0.29, 0.717) is 0 Å². The second-order valence-corrected chi connectivity index (χ2v) is 3.44. The number of carbonyl (C=O) groups is 1. The first-order valence-electron chi connectivity index (χ1n) is 4.40. The van der Waals surface area contributed by atoms with Crippen LogP contribution in [0.25, 0.3) is 0 Å². The molecule has 0 saturated carbocycles. The highest BCUT2D eigenvalue weighted by Crippen LogP contribution is 2.14. The lowest BCUT2D eigenvalue weighted by atomic mass is 10.1. The van der Waals surface area contributed by atoms with Gasteiger partial charge in [0, 0.05) is 6.92 Å². The van der Waals surface area contributed by atoms with E-state index in [9.17, 15) is 4.79 Å². The summed E-state index contributed by atoms with van der Waals surface area (Å²) in [5, 5.41) is 0. The number of carbonyl (C=O) groups excluding carboxylic acids is 1. The monoisotopic (exact) mass is 182 g/mol. The van der Waals surface area contributed by atoms with Crippen molar-refractivity contribution in [2.24, 2.45) is 0 Å². The molecule has 0 N–H and O–H groups in total. The Labute approximate surface area is 80.3 Å². The smallest absolute Gasteiger partial charge is 0.303 e. The lowest BCUT2D eigenvalue weighted by molar-refractivity contribution is -0.144. The van der Waals surface area contributed by atoms with E-state index in [2.05, 4.69) is 13.2 Å². The maximum Gasteiger partial charge on any atom is 0.303 e. The van der Waals surface area contributed by atoms with Gasteiger partial charge < -0.3 is 4.74 Å². The predicted octanol–water partition coefficient (Wildman–Crippen LogP) is 2.85. The van der Waals surface area contributed by atoms with E-state index in [1.165, 1.54) is 6.92 Å². The van der Waals surface area contributed by atoms with Crippen LogP contribution >= 0.6 is 0 Å². The van der Waals surface area contributed by atoms with Crippen LogP contribution in [0.3, 0.4) is 0 Å². The predicted molar refractivity (Wildman–Crippen MR) is 54.4 cm³/mol. The van der Waals surface area contributed by atoms with Gasteiger partial charge in [0.05, 0.1) is 0 Å². The third-order valence-corrected chi connectivity index (χ3v) is 1.69. The summed E-state index contributed by atoms with van der Waals surface area (Å²) in [7, 11) is 0. The van der Waals surface area contributed by atoms with Crippen molar-refractivity contribution in [2.45, 2.75) is 39.7 Å². The SMILES string of the molecule is C=C(C)CCC(OC(C)=O)C(=C)C. The molecule has 0 aliphatic rings. The summed E-state index contributed by atoms with van der Waals surface area (Å²) in [4.78, 5) is 10.7. The third kappa shape index (κ3) is 6.14. The van der Waals surface area contributed by atoms with Gasteiger partial charge >= 0.3 is 5.97 Å². The summed E-state index contributed by atoms with van der Waals surface area (Å²) >= 11 is 0. The molecule has 0 heterocycles. The van der Waals surface area contributed by atoms with Crippen molar-refractivity contribution >= 4 is 5.97 Å². The Morgan fingerprint density at radius 2 is 1.85 bits per heavy atom. The van der Waals surface area contributed by atoms with Crippen LogP contribution in [0.2, 0.25) is 0 Å². The number of esters is 1. The van der Waals surface area contributed by atoms with Crippen LogP contribution in [-0.4, -0.2) is 12.1 Å². The van der Waals surface area contributed by atoms with Gasteiger partial charge in [-0.1, -0.05) is 12.2 Å². The Morgan fingerprint density at radius 1 is 1.31 bits per heavy atom. The number of ether oxygens (including phenoxy) is 1. The quantitative estimate of drug-likeness (QED) is 0.482. The van der Waals surface area contributed by atoms with Crippen molar-refractivity contribution in [3.05, 3.63) is 24.3 Å². The van der Waals surface area contributed by atoms with Crippen molar-refractivity contribution in [1.29, 1.82) is 0 Å². The van der Waals surface area contributed by atoms with E-state index < -0.39 is 0 Å². The topological polar surface area (TPSA) is 26.3 Å². The Hall–Kier alpha value is -1.05. The summed E-state index contributed by atoms with van der Waals surface area (Å²) in [6, 6.07) is 0. The molecule has 0 amide bonds. The number of allylic oxidation sites excluding steroid dienone is 1. The standard InChI is InChI=1S/C11H18O2/c1-8(2)6-7-11(9(3)4)13-10(5)12/h11H,1,3,6-7H2,2,4-5H3. The zero-order valence-electron chi connectivity index (χ0n) is 8.72. The molecule has 74 valence electrons. The van der Waals surface area contributed by atoms with Crippen LogP contribution in [-0.2, 0) is 9.53 Å². The molecular weight excluding hydrogens is 164 g/mol. The molecular formula is C11H18O2. The molecule has 0 rings (SSSR count). The summed E-state index contributed by atoms with van der Waals surface area (Å²) < 4.78 is 5.08. The molecule has 0 aromatic heterocycles. The summed E-state index contributed by atoms with van der Waals surface area (Å²) in [6.45, 7) is 12.8. The fourth-order valence-corrected chi connectivity index (χ4v) is 0.984. The number of hydrogen-bond donors (Lipinski definition) is 0. The summed E-state index contributed by atoms with van der Waals surface area (Å²) in [5.41, 5.74) is 1.98. The first-order chi connectivity index (χ1) is 5.93. The van der Waals surface area contributed by atoms with Crippen molar-refractivity contribution in [3.8, 4) is 0 Å². The van der Waals surface area contributed by atoms with Gasteiger partial charge in [-0.25, -0.2) is 0 Å². The summed E-state index contributed by atoms with van der Waals surface area (Å²) in [6.07, 6.45) is 1.49. The molecule has 0 aliphatic heterocycles. The van der Waals surface area contributed by atoms with E-state index in [1.807, 2.05) is 13.8 Å². The van der Waals surface area contributed by atoms with Crippen LogP contribution < -0.4 is 0 Å². The molecule has 0 fully saturated rings. The zero-order valence-corrected chi connectivity index (χ0v) is 8.72. The van der Waals surface area contributed by atoms with Gasteiger partial charge in [-0.3, -0.25) is 4.79 Å². The molecule has 0 spiro atoms. The normalized spacial score (nSPS) is 11.9. The van der Waals surface area contributed by atoms with Gasteiger partial charge in [0.2, 0.25) is 0 Å². The van der Waals surface area contributed by atoms with Crippen LogP contribution in [0.5, 0.6) is 0 Å². The van der Waals surface area contributed by atoms with Crippen LogP contribution in [0.1, 0.15) is 33.6 Å². The first kappa shape index (κ1) is 11.9. The van der Waals surface area contributed by atoms with Gasteiger partial charge in [0.25, 0.3) is 0 Å². The lowest BCUT2D eigenvalue weighted by Crippen LogP contribution is -2.17. The number of hydrogen-bond acceptors (Lipinski definition) is 2. The average molecular weight is 182 g/mol. The highest BCUT2D eigenvalue weighted by molar-refractivity contribution is 5.66. The van der Waals surface area contributed by atoms with Crippen LogP contribution in [0.4, 0.5) is 0 Å². The highest BCUT2D eigenvalue weighted by atomic mass is 16.5. The van der Waals surface area contributed by atoms with E-state index in [0.717, 1.165) is 24.0 Å². The second-order valence-electron chi connectivity index (χ2n) is 3.44. The van der Waals surface area contributed by atoms with Gasteiger partial charge in [0.15, 0.2) is 0 Å². The minimum absolute atomic E-state index is 0.158. The van der Waals surface area contributed by atoms with Crippen molar-refractivity contribution in [3.63, 3.8) is 0 Å². The molecule has 1 atom stereocenters. The fraction of sp³-hybridized carbons (Fsp3) is 0.545. The maximum absolute atomic E-state index is 10.7. The minimum Gasteiger partial charge on any atom is -0.458 e. The fourth-order valence-electron chi connectivity index (χ4n) is 0.984. The third-order valence-electron chi connectivity index (χ3n) is 1.69. The maximum atomic E-state index is 10.7. The van der Waals surface area contributed by atoms with Crippen LogP contribution in [0, 0.1) is 0 Å². The van der Waals surface area contributed by atoms with Crippen molar-refractivity contribution in [2.75, 3.05) is 0 Å². The Balaban J connectivity index is 4.02. The lowest BCUT2D eigenvalue weighted by Gasteiger charge is -2.16. The van der Waals surface area contributed by atoms with Gasteiger partial charge in [0.1, 0.15) is 6.10 Å². The van der Waals surface area contributed by atoms with Crippen molar-refractivity contribution in [1.82, 2.24) is 0 Å². The molecule has 0 aromatic rings. The molecule has 0 aliphatic carbocycles. The Bertz CT molecular complexity index is 216. The minimum atomic E-state index is -0.255. The van der Waals surface area contributed by atoms with Gasteiger partial charge in [-0.15, -0.1) is 6.58 Å². The average Bonchev–Trinajstić information content (AvgIpc) is 1.96. The molecule has 0 radical (unpaired) electrons. The van der Waals surface area contributed by atoms with Gasteiger partial charge in [-0.2, -0.15) is 0 Å². The largest absolute Gasteiger partial charge is 0.458 e. The van der Waals surface area contributed by atoms with Crippen LogP contribution in [0.15, 0.2) is 24.3 Å². The molecule has 13 heavy (non-hydrogen) atoms. The second kappa shape index (κ2) is 5.57. The number of rotatable bonds is 5. The van der Waals surface area contributed by atoms with E-state index in [1.54, 1.807) is 0 Å². The molecule has 0 bridgehead atoms. The van der Waals surface area contributed by atoms with E-state index in [-0.39, 0.29) is 12.1 Å². The molecule has 2 heteroatoms. The Kier molecular flexibility index (Phi) is 5.12. The molecule has 0 aromatic carbocycles. The summed E-state index contributed by atoms with van der Waals surface area (Å²) in [5.74, 6) is -0.255. The molecule has 1 unspecified atom stereocenters. The van der Waals surface area contributed by atoms with E-state index >= 15 is 0 Å². The van der Waals surface area contributed by atoms with E-state index in [4.69, 9.17) is 4.74 Å². The first-order valence-corrected chi connectivity index (χ1v) is 4.40.